The fraction of sp³-hybridized carbons (Fsp3) is 0.711. The summed E-state index contributed by atoms with van der Waals surface area (Å²) in [6.45, 7) is 12.1. The lowest BCUT2D eigenvalue weighted by Crippen LogP contribution is -2.58. The Bertz CT molecular complexity index is 1730. The smallest absolute Gasteiger partial charge is 0.408 e. The molecule has 3 saturated heterocycles. The standard InChI is InChI=1S/C38H56N6O10S/c1-11-28-38(7)32(39-36(49)54-38)23(5)30(46)20(2)19-37(6,50-16-12-13-24-14-15-27(55-24)33-40-41-42-44(33)10)29(18-26(45)22(4)34(48)52-28)53-35-31(47)25(43(8)9)17-21(3)51-35/h12-15,20-23,25,28-29,31-32,35,47H,11,16-19H2,1-10H3,(H,39,49)/b13-12+/t20-,21-,22-,23+,25+,28-,29-,31-,32?,35?,37+,38-/m1/s1. The molecule has 1 amide bonds. The number of aliphatic hydroxyl groups is 1. The van der Waals surface area contributed by atoms with Crippen LogP contribution in [0.25, 0.3) is 16.8 Å². The van der Waals surface area contributed by atoms with Crippen LogP contribution in [-0.2, 0) is 45.1 Å². The predicted molar refractivity (Wildman–Crippen MR) is 202 cm³/mol. The number of ether oxygens (including phenoxy) is 5. The summed E-state index contributed by atoms with van der Waals surface area (Å²) in [5.74, 6) is -3.49. The number of hydrogen-bond acceptors (Lipinski definition) is 15. The zero-order chi connectivity index (χ0) is 40.4. The van der Waals surface area contributed by atoms with Crippen molar-refractivity contribution in [1.82, 2.24) is 30.4 Å². The first-order chi connectivity index (χ1) is 25.9. The summed E-state index contributed by atoms with van der Waals surface area (Å²) in [6, 6.07) is 2.74. The fourth-order valence-corrected chi connectivity index (χ4v) is 8.98. The van der Waals surface area contributed by atoms with Crippen molar-refractivity contribution in [2.75, 3.05) is 20.7 Å². The zero-order valence-corrected chi connectivity index (χ0v) is 34.2. The van der Waals surface area contributed by atoms with E-state index in [-0.39, 0.29) is 43.8 Å². The van der Waals surface area contributed by atoms with Gasteiger partial charge in [0.2, 0.25) is 0 Å². The van der Waals surface area contributed by atoms with Crippen molar-refractivity contribution in [3.63, 3.8) is 0 Å². The quantitative estimate of drug-likeness (QED) is 0.277. The number of aliphatic hydroxyl groups excluding tert-OH is 1. The molecule has 0 aromatic carbocycles. The van der Waals surface area contributed by atoms with E-state index in [4.69, 9.17) is 23.7 Å². The van der Waals surface area contributed by atoms with Gasteiger partial charge in [0.25, 0.3) is 0 Å². The number of carbonyl (C=O) groups is 4. The van der Waals surface area contributed by atoms with Crippen LogP contribution in [0.5, 0.6) is 0 Å². The molecule has 0 aliphatic carbocycles. The van der Waals surface area contributed by atoms with Crippen LogP contribution in [0.1, 0.15) is 79.0 Å². The summed E-state index contributed by atoms with van der Waals surface area (Å²) < 4.78 is 32.7. The van der Waals surface area contributed by atoms with Gasteiger partial charge in [-0.3, -0.25) is 14.4 Å². The zero-order valence-electron chi connectivity index (χ0n) is 33.4. The van der Waals surface area contributed by atoms with Crippen LogP contribution in [0, 0.1) is 17.8 Å². The molecular formula is C38H56N6O10S. The highest BCUT2D eigenvalue weighted by atomic mass is 32.1. The number of Topliss-reactive ketones (excluding diaryl/α,β-unsaturated/α-hetero) is 2. The highest BCUT2D eigenvalue weighted by Gasteiger charge is 2.56. The van der Waals surface area contributed by atoms with E-state index in [1.807, 2.05) is 50.2 Å². The number of tetrazole rings is 1. The summed E-state index contributed by atoms with van der Waals surface area (Å²) in [5, 5.41) is 26.0. The van der Waals surface area contributed by atoms with Gasteiger partial charge in [-0.15, -0.1) is 16.4 Å². The van der Waals surface area contributed by atoms with Crippen LogP contribution < -0.4 is 5.32 Å². The number of hydrogen-bond donors (Lipinski definition) is 2. The molecule has 16 nitrogen and oxygen atoms in total. The van der Waals surface area contributed by atoms with Crippen molar-refractivity contribution in [2.45, 2.75) is 128 Å². The molecule has 12 atom stereocenters. The number of nitrogens with zero attached hydrogens (tertiary/aromatic N) is 5. The van der Waals surface area contributed by atoms with Crippen LogP contribution in [-0.4, -0.2) is 129 Å². The molecule has 2 unspecified atom stereocenters. The van der Waals surface area contributed by atoms with E-state index in [9.17, 15) is 24.3 Å². The van der Waals surface area contributed by atoms with Crippen molar-refractivity contribution in [1.29, 1.82) is 0 Å². The predicted octanol–water partition coefficient (Wildman–Crippen LogP) is 3.57. The Balaban J connectivity index is 1.50. The molecule has 3 fully saturated rings. The van der Waals surface area contributed by atoms with Gasteiger partial charge < -0.3 is 39.0 Å². The van der Waals surface area contributed by atoms with Crippen molar-refractivity contribution < 1.29 is 48.0 Å². The molecule has 2 aromatic heterocycles. The molecule has 5 heterocycles. The number of thiophene rings is 1. The summed E-state index contributed by atoms with van der Waals surface area (Å²) >= 11 is 1.49. The average molecular weight is 789 g/mol. The van der Waals surface area contributed by atoms with Crippen LogP contribution >= 0.6 is 11.3 Å². The second kappa shape index (κ2) is 17.3. The average Bonchev–Trinajstić information content (AvgIpc) is 3.86. The number of carbonyl (C=O) groups excluding carboxylic acids is 4. The Morgan fingerprint density at radius 2 is 1.87 bits per heavy atom. The van der Waals surface area contributed by atoms with Crippen LogP contribution in [0.2, 0.25) is 0 Å². The van der Waals surface area contributed by atoms with Gasteiger partial charge in [-0.2, -0.15) is 0 Å². The first-order valence-corrected chi connectivity index (χ1v) is 19.7. The number of ketones is 2. The molecule has 5 rings (SSSR count). The van der Waals surface area contributed by atoms with Crippen molar-refractivity contribution in [3.05, 3.63) is 23.1 Å². The van der Waals surface area contributed by atoms with E-state index in [0.29, 0.717) is 12.2 Å². The Morgan fingerprint density at radius 1 is 1.15 bits per heavy atom. The summed E-state index contributed by atoms with van der Waals surface area (Å²) in [4.78, 5) is 58.5. The van der Waals surface area contributed by atoms with Gasteiger partial charge in [-0.05, 0) is 89.7 Å². The molecule has 2 aromatic rings. The Kier molecular flexibility index (Phi) is 13.3. The largest absolute Gasteiger partial charge is 0.458 e. The third kappa shape index (κ3) is 9.18. The molecule has 3 aliphatic heterocycles. The number of amides is 1. The minimum Gasteiger partial charge on any atom is -0.458 e. The normalized spacial score (nSPS) is 36.7. The van der Waals surface area contributed by atoms with E-state index < -0.39 is 77.4 Å². The lowest BCUT2D eigenvalue weighted by atomic mass is 9.75. The first kappa shape index (κ1) is 42.5. The van der Waals surface area contributed by atoms with E-state index in [0.717, 1.165) is 9.75 Å². The van der Waals surface area contributed by atoms with Gasteiger partial charge in [0.15, 0.2) is 17.7 Å². The van der Waals surface area contributed by atoms with E-state index in [1.54, 1.807) is 46.3 Å². The Hall–Kier alpha value is -3.61. The van der Waals surface area contributed by atoms with E-state index in [2.05, 4.69) is 20.8 Å². The van der Waals surface area contributed by atoms with Crippen LogP contribution in [0.3, 0.4) is 0 Å². The number of aryl methyl sites for hydroxylation is 1. The highest BCUT2D eigenvalue weighted by molar-refractivity contribution is 7.16. The molecule has 2 N–H and O–H groups in total. The Labute approximate surface area is 326 Å². The lowest BCUT2D eigenvalue weighted by molar-refractivity contribution is -0.290. The number of cyclic esters (lactones) is 1. The number of alkyl carbamates (subject to hydrolysis) is 1. The lowest BCUT2D eigenvalue weighted by Gasteiger charge is -2.45. The van der Waals surface area contributed by atoms with Gasteiger partial charge in [0.05, 0.1) is 35.3 Å². The monoisotopic (exact) mass is 788 g/mol. The van der Waals surface area contributed by atoms with Gasteiger partial charge in [0.1, 0.15) is 29.7 Å². The first-order valence-electron chi connectivity index (χ1n) is 18.9. The number of rotatable bonds is 9. The molecule has 304 valence electrons. The van der Waals surface area contributed by atoms with Crippen LogP contribution in [0.4, 0.5) is 4.79 Å². The van der Waals surface area contributed by atoms with Gasteiger partial charge in [0, 0.05) is 36.2 Å². The summed E-state index contributed by atoms with van der Waals surface area (Å²) in [7, 11) is 5.49. The van der Waals surface area contributed by atoms with Crippen molar-refractivity contribution >= 4 is 41.0 Å². The number of nitrogens with one attached hydrogen (secondary N) is 1. The number of fused-ring (bicyclic) bond motifs is 1. The molecular weight excluding hydrogens is 733 g/mol. The molecule has 0 saturated carbocycles. The topological polar surface area (TPSA) is 194 Å². The third-order valence-electron chi connectivity index (χ3n) is 11.4. The second-order valence-electron chi connectivity index (χ2n) is 15.8. The van der Waals surface area contributed by atoms with Crippen molar-refractivity contribution in [2.24, 2.45) is 24.8 Å². The number of esters is 1. The van der Waals surface area contributed by atoms with Gasteiger partial charge >= 0.3 is 12.1 Å². The molecule has 0 spiro atoms. The van der Waals surface area contributed by atoms with Gasteiger partial charge in [-0.25, -0.2) is 9.48 Å². The molecule has 0 bridgehead atoms. The van der Waals surface area contributed by atoms with Crippen molar-refractivity contribution in [3.8, 4) is 10.7 Å². The maximum absolute atomic E-state index is 14.3. The minimum atomic E-state index is -1.38. The Morgan fingerprint density at radius 3 is 2.53 bits per heavy atom. The number of aromatic nitrogens is 4. The summed E-state index contributed by atoms with van der Waals surface area (Å²) in [6.07, 6.45) is -0.923. The SMILES string of the molecule is CC[C@H]1OC(=O)[C@H](C)C(=O)C[C@@H](OC2O[C@H](C)C[C@H](N(C)C)[C@H]2O)[C@@](C)(OC/C=C/c2ccc(-c3nnnn3C)s2)C[C@@H](C)C(=O)[C@H](C)C2NC(=O)O[C@@]21C. The van der Waals surface area contributed by atoms with E-state index >= 15 is 0 Å². The maximum atomic E-state index is 14.3. The minimum absolute atomic E-state index is 0.0605. The molecule has 3 aliphatic rings. The van der Waals surface area contributed by atoms with Crippen LogP contribution in [0.15, 0.2) is 18.2 Å². The molecule has 55 heavy (non-hydrogen) atoms. The summed E-state index contributed by atoms with van der Waals surface area (Å²) in [5.41, 5.74) is -2.71. The highest BCUT2D eigenvalue weighted by Crippen LogP contribution is 2.39. The maximum Gasteiger partial charge on any atom is 0.408 e. The molecule has 0 radical (unpaired) electrons. The second-order valence-corrected chi connectivity index (χ2v) is 16.9. The fourth-order valence-electron chi connectivity index (χ4n) is 8.02. The third-order valence-corrected chi connectivity index (χ3v) is 12.4. The molecule has 17 heteroatoms. The van der Waals surface area contributed by atoms with Gasteiger partial charge in [-0.1, -0.05) is 26.8 Å². The van der Waals surface area contributed by atoms with E-state index in [1.165, 1.54) is 18.3 Å². The number of likely N-dealkylation sites (N-methyl/N-ethyl adjacent to an activating group) is 1.